The number of aromatic hydroxyl groups is 3. The number of fused-ring (bicyclic) bond motifs is 1. The summed E-state index contributed by atoms with van der Waals surface area (Å²) in [4.78, 5) is 0.677. The predicted octanol–water partition coefficient (Wildman–Crippen LogP) is 4.42. The average molecular weight is 351 g/mol. The number of phenolic OH excluding ortho intramolecular Hbond substituents is 3. The molecule has 1 aliphatic rings. The van der Waals surface area contributed by atoms with Crippen LogP contribution in [-0.2, 0) is 6.54 Å². The molecular weight excluding hydrogens is 334 g/mol. The fourth-order valence-electron chi connectivity index (χ4n) is 3.19. The standard InChI is InChI=1S/C20H17NO3S/c22-15-6-8-17-14(10-15)12-21(20(17)13-4-2-1-3-5-13)25-19-9-7-16(23)11-18(19)24/h1-11,20,22-24H,12H2. The molecule has 4 nitrogen and oxygen atoms in total. The largest absolute Gasteiger partial charge is 0.508 e. The minimum Gasteiger partial charge on any atom is -0.508 e. The normalized spacial score (nSPS) is 16.7. The summed E-state index contributed by atoms with van der Waals surface area (Å²) in [7, 11) is 0. The molecule has 3 N–H and O–H groups in total. The zero-order valence-electron chi connectivity index (χ0n) is 13.3. The van der Waals surface area contributed by atoms with Gasteiger partial charge in [-0.3, -0.25) is 0 Å². The third-order valence-electron chi connectivity index (χ3n) is 4.31. The maximum Gasteiger partial charge on any atom is 0.134 e. The summed E-state index contributed by atoms with van der Waals surface area (Å²) < 4.78 is 2.17. The Morgan fingerprint density at radius 3 is 2.32 bits per heavy atom. The molecule has 0 spiro atoms. The highest BCUT2D eigenvalue weighted by Gasteiger charge is 2.32. The summed E-state index contributed by atoms with van der Waals surface area (Å²) in [5, 5.41) is 29.4. The molecule has 1 heterocycles. The Balaban J connectivity index is 1.73. The Bertz CT molecular complexity index is 914. The molecule has 0 fully saturated rings. The summed E-state index contributed by atoms with van der Waals surface area (Å²) in [6, 6.07) is 20.3. The molecule has 0 aliphatic carbocycles. The van der Waals surface area contributed by atoms with Gasteiger partial charge in [0.05, 0.1) is 10.9 Å². The number of rotatable bonds is 3. The average Bonchev–Trinajstić information content (AvgIpc) is 2.95. The topological polar surface area (TPSA) is 63.9 Å². The van der Waals surface area contributed by atoms with Gasteiger partial charge in [0.15, 0.2) is 0 Å². The van der Waals surface area contributed by atoms with E-state index in [0.29, 0.717) is 11.4 Å². The van der Waals surface area contributed by atoms with E-state index in [1.54, 1.807) is 24.3 Å². The van der Waals surface area contributed by atoms with Crippen LogP contribution in [0.3, 0.4) is 0 Å². The van der Waals surface area contributed by atoms with Crippen molar-refractivity contribution in [2.45, 2.75) is 17.5 Å². The first kappa shape index (κ1) is 15.9. The van der Waals surface area contributed by atoms with E-state index in [1.165, 1.54) is 18.0 Å². The van der Waals surface area contributed by atoms with Crippen LogP contribution in [0.5, 0.6) is 17.2 Å². The van der Waals surface area contributed by atoms with Gasteiger partial charge in [-0.1, -0.05) is 36.4 Å². The maximum absolute atomic E-state index is 10.1. The van der Waals surface area contributed by atoms with Gasteiger partial charge >= 0.3 is 0 Å². The molecule has 0 amide bonds. The van der Waals surface area contributed by atoms with Crippen LogP contribution in [0, 0.1) is 0 Å². The van der Waals surface area contributed by atoms with E-state index < -0.39 is 0 Å². The van der Waals surface area contributed by atoms with E-state index in [-0.39, 0.29) is 23.3 Å². The van der Waals surface area contributed by atoms with Crippen LogP contribution in [0.1, 0.15) is 22.7 Å². The molecular formula is C20H17NO3S. The molecule has 5 heteroatoms. The Kier molecular flexibility index (Phi) is 4.03. The van der Waals surface area contributed by atoms with E-state index >= 15 is 0 Å². The lowest BCUT2D eigenvalue weighted by Gasteiger charge is -2.24. The smallest absolute Gasteiger partial charge is 0.134 e. The van der Waals surface area contributed by atoms with Crippen LogP contribution < -0.4 is 0 Å². The van der Waals surface area contributed by atoms with E-state index in [1.807, 2.05) is 24.3 Å². The molecule has 0 saturated carbocycles. The molecule has 4 rings (SSSR count). The van der Waals surface area contributed by atoms with Crippen LogP contribution >= 0.6 is 11.9 Å². The van der Waals surface area contributed by atoms with Crippen molar-refractivity contribution in [3.05, 3.63) is 83.4 Å². The van der Waals surface area contributed by atoms with Crippen LogP contribution in [0.2, 0.25) is 0 Å². The zero-order chi connectivity index (χ0) is 17.4. The number of hydrogen-bond acceptors (Lipinski definition) is 5. The first-order valence-electron chi connectivity index (χ1n) is 7.95. The molecule has 25 heavy (non-hydrogen) atoms. The van der Waals surface area contributed by atoms with Crippen molar-refractivity contribution in [1.29, 1.82) is 0 Å². The number of phenols is 3. The molecule has 3 aromatic carbocycles. The Hall–Kier alpha value is -2.63. The van der Waals surface area contributed by atoms with Gasteiger partial charge in [0.1, 0.15) is 17.2 Å². The van der Waals surface area contributed by atoms with Crippen molar-refractivity contribution >= 4 is 11.9 Å². The third-order valence-corrected chi connectivity index (χ3v) is 5.43. The fourth-order valence-corrected chi connectivity index (χ4v) is 4.26. The highest BCUT2D eigenvalue weighted by molar-refractivity contribution is 7.97. The second kappa shape index (κ2) is 6.35. The Morgan fingerprint density at radius 2 is 1.56 bits per heavy atom. The quantitative estimate of drug-likeness (QED) is 0.610. The third kappa shape index (κ3) is 3.04. The zero-order valence-corrected chi connectivity index (χ0v) is 14.1. The number of nitrogens with zero attached hydrogens (tertiary/aromatic N) is 1. The van der Waals surface area contributed by atoms with Crippen molar-refractivity contribution in [3.63, 3.8) is 0 Å². The summed E-state index contributed by atoms with van der Waals surface area (Å²) in [5.41, 5.74) is 3.37. The second-order valence-corrected chi connectivity index (χ2v) is 7.11. The lowest BCUT2D eigenvalue weighted by Crippen LogP contribution is -2.15. The molecule has 0 aromatic heterocycles. The van der Waals surface area contributed by atoms with Gasteiger partial charge in [-0.05, 0) is 52.9 Å². The van der Waals surface area contributed by atoms with Crippen molar-refractivity contribution in [3.8, 4) is 17.2 Å². The lowest BCUT2D eigenvalue weighted by atomic mass is 9.98. The SMILES string of the molecule is Oc1ccc(SN2Cc3cc(O)ccc3C2c2ccccc2)c(O)c1. The van der Waals surface area contributed by atoms with Gasteiger partial charge in [-0.25, -0.2) is 4.31 Å². The molecule has 1 atom stereocenters. The van der Waals surface area contributed by atoms with E-state index in [9.17, 15) is 15.3 Å². The maximum atomic E-state index is 10.1. The van der Waals surface area contributed by atoms with E-state index in [2.05, 4.69) is 16.4 Å². The molecule has 0 bridgehead atoms. The van der Waals surface area contributed by atoms with Gasteiger partial charge in [0.2, 0.25) is 0 Å². The minimum atomic E-state index is 0.0232. The summed E-state index contributed by atoms with van der Waals surface area (Å²) in [6.07, 6.45) is 0. The number of hydrogen-bond donors (Lipinski definition) is 3. The molecule has 1 aliphatic heterocycles. The van der Waals surface area contributed by atoms with Gasteiger partial charge in [-0.2, -0.15) is 0 Å². The summed E-state index contributed by atoms with van der Waals surface area (Å²) in [5.74, 6) is 0.344. The van der Waals surface area contributed by atoms with E-state index in [4.69, 9.17) is 0 Å². The van der Waals surface area contributed by atoms with Crippen LogP contribution in [0.25, 0.3) is 0 Å². The Morgan fingerprint density at radius 1 is 0.840 bits per heavy atom. The van der Waals surface area contributed by atoms with Gasteiger partial charge in [-0.15, -0.1) is 0 Å². The minimum absolute atomic E-state index is 0.0232. The predicted molar refractivity (Wildman–Crippen MR) is 97.6 cm³/mol. The van der Waals surface area contributed by atoms with Crippen molar-refractivity contribution in [2.75, 3.05) is 0 Å². The molecule has 0 radical (unpaired) electrons. The molecule has 3 aromatic rings. The fraction of sp³-hybridized carbons (Fsp3) is 0.100. The van der Waals surface area contributed by atoms with Crippen molar-refractivity contribution in [1.82, 2.24) is 4.31 Å². The van der Waals surface area contributed by atoms with Gasteiger partial charge in [0, 0.05) is 12.6 Å². The summed E-state index contributed by atoms with van der Waals surface area (Å²) >= 11 is 1.44. The summed E-state index contributed by atoms with van der Waals surface area (Å²) in [6.45, 7) is 0.647. The van der Waals surface area contributed by atoms with Gasteiger partial charge < -0.3 is 15.3 Å². The van der Waals surface area contributed by atoms with Crippen LogP contribution in [0.4, 0.5) is 0 Å². The Labute approximate surface area is 150 Å². The molecule has 126 valence electrons. The first-order valence-corrected chi connectivity index (χ1v) is 8.72. The van der Waals surface area contributed by atoms with Crippen LogP contribution in [-0.4, -0.2) is 19.6 Å². The highest BCUT2D eigenvalue weighted by Crippen LogP contribution is 2.47. The second-order valence-electron chi connectivity index (χ2n) is 6.01. The van der Waals surface area contributed by atoms with Gasteiger partial charge in [0.25, 0.3) is 0 Å². The van der Waals surface area contributed by atoms with Crippen molar-refractivity contribution in [2.24, 2.45) is 0 Å². The first-order chi connectivity index (χ1) is 12.1. The van der Waals surface area contributed by atoms with E-state index in [0.717, 1.165) is 16.7 Å². The highest BCUT2D eigenvalue weighted by atomic mass is 32.2. The number of benzene rings is 3. The monoisotopic (exact) mass is 351 g/mol. The molecule has 0 saturated heterocycles. The van der Waals surface area contributed by atoms with Crippen molar-refractivity contribution < 1.29 is 15.3 Å². The van der Waals surface area contributed by atoms with Crippen LogP contribution in [0.15, 0.2) is 71.6 Å². The molecule has 1 unspecified atom stereocenters. The lowest BCUT2D eigenvalue weighted by molar-refractivity contribution is 0.429.